The van der Waals surface area contributed by atoms with Crippen LogP contribution in [0, 0.1) is 10.1 Å². The molecule has 0 radical (unpaired) electrons. The van der Waals surface area contributed by atoms with Crippen molar-refractivity contribution in [2.75, 3.05) is 19.6 Å². The number of nitrogens with zero attached hydrogens (tertiary/aromatic N) is 4. The summed E-state index contributed by atoms with van der Waals surface area (Å²) in [6.07, 6.45) is 3.55. The third-order valence-corrected chi connectivity index (χ3v) is 4.33. The van der Waals surface area contributed by atoms with Crippen LogP contribution in [0.5, 0.6) is 0 Å². The van der Waals surface area contributed by atoms with Crippen LogP contribution in [0.2, 0.25) is 0 Å². The molecule has 1 unspecified atom stereocenters. The molecule has 0 bridgehead atoms. The van der Waals surface area contributed by atoms with Gasteiger partial charge >= 0.3 is 0 Å². The number of nitrogens with one attached hydrogen (secondary N) is 1. The van der Waals surface area contributed by atoms with E-state index in [2.05, 4.69) is 17.3 Å². The van der Waals surface area contributed by atoms with Crippen molar-refractivity contribution in [1.82, 2.24) is 20.0 Å². The van der Waals surface area contributed by atoms with Gasteiger partial charge in [-0.15, -0.1) is 0 Å². The average Bonchev–Trinajstić information content (AvgIpc) is 3.31. The van der Waals surface area contributed by atoms with Crippen LogP contribution in [-0.2, 0) is 0 Å². The fourth-order valence-corrected chi connectivity index (χ4v) is 3.05. The molecule has 1 amide bonds. The topological polar surface area (TPSA) is 93.3 Å². The van der Waals surface area contributed by atoms with Crippen LogP contribution >= 0.6 is 0 Å². The van der Waals surface area contributed by atoms with E-state index in [1.165, 1.54) is 12.1 Å². The third kappa shape index (κ3) is 3.69. The number of non-ortho nitro benzene ring substituents is 1. The number of aromatic nitrogens is 2. The summed E-state index contributed by atoms with van der Waals surface area (Å²) in [5, 5.41) is 18.4. The van der Waals surface area contributed by atoms with E-state index in [1.54, 1.807) is 29.1 Å². The molecule has 8 heteroatoms. The summed E-state index contributed by atoms with van der Waals surface area (Å²) in [4.78, 5) is 25.0. The van der Waals surface area contributed by atoms with Crippen LogP contribution in [0.3, 0.4) is 0 Å². The number of carbonyl (C=O) groups excluding carboxylic acids is 1. The molecule has 1 saturated heterocycles. The second kappa shape index (κ2) is 7.43. The highest BCUT2D eigenvalue weighted by Gasteiger charge is 2.27. The minimum absolute atomic E-state index is 0.0232. The first-order valence-corrected chi connectivity index (χ1v) is 8.42. The molecule has 1 atom stereocenters. The Labute approximate surface area is 145 Å². The fraction of sp³-hybridized carbons (Fsp3) is 0.412. The van der Waals surface area contributed by atoms with E-state index in [0.717, 1.165) is 25.9 Å². The molecule has 1 fully saturated rings. The molecule has 3 rings (SSSR count). The van der Waals surface area contributed by atoms with Crippen molar-refractivity contribution in [2.24, 2.45) is 0 Å². The lowest BCUT2D eigenvalue weighted by Crippen LogP contribution is -2.42. The second-order valence-corrected chi connectivity index (χ2v) is 6.06. The van der Waals surface area contributed by atoms with Gasteiger partial charge < -0.3 is 10.2 Å². The van der Waals surface area contributed by atoms with E-state index < -0.39 is 4.92 Å². The average molecular weight is 343 g/mol. The minimum atomic E-state index is -0.444. The summed E-state index contributed by atoms with van der Waals surface area (Å²) >= 11 is 0. The summed E-state index contributed by atoms with van der Waals surface area (Å²) in [6, 6.07) is 7.97. The van der Waals surface area contributed by atoms with Crippen molar-refractivity contribution in [3.05, 3.63) is 52.3 Å². The van der Waals surface area contributed by atoms with Gasteiger partial charge in [0.05, 0.1) is 10.6 Å². The van der Waals surface area contributed by atoms with Crippen LogP contribution in [0.4, 0.5) is 5.69 Å². The zero-order chi connectivity index (χ0) is 17.8. The summed E-state index contributed by atoms with van der Waals surface area (Å²) in [6.45, 7) is 4.50. The van der Waals surface area contributed by atoms with E-state index in [9.17, 15) is 14.9 Å². The number of amides is 1. The van der Waals surface area contributed by atoms with E-state index in [-0.39, 0.29) is 17.6 Å². The second-order valence-electron chi connectivity index (χ2n) is 6.06. The number of nitro groups is 1. The maximum atomic E-state index is 12.8. The van der Waals surface area contributed by atoms with Gasteiger partial charge in [0.2, 0.25) is 0 Å². The molecule has 1 aliphatic heterocycles. The van der Waals surface area contributed by atoms with E-state index in [1.807, 2.05) is 4.90 Å². The van der Waals surface area contributed by atoms with Crippen molar-refractivity contribution in [3.63, 3.8) is 0 Å². The molecule has 0 saturated carbocycles. The van der Waals surface area contributed by atoms with Gasteiger partial charge in [0.15, 0.2) is 5.69 Å². The lowest BCUT2D eigenvalue weighted by Gasteiger charge is -2.27. The van der Waals surface area contributed by atoms with Crippen molar-refractivity contribution in [3.8, 4) is 5.69 Å². The molecule has 2 heterocycles. The van der Waals surface area contributed by atoms with Gasteiger partial charge in [0.1, 0.15) is 0 Å². The zero-order valence-corrected chi connectivity index (χ0v) is 14.1. The molecule has 1 aromatic heterocycles. The van der Waals surface area contributed by atoms with Gasteiger partial charge in [0.25, 0.3) is 11.6 Å². The molecule has 1 aromatic carbocycles. The molecule has 1 N–H and O–H groups in total. The largest absolute Gasteiger partial charge is 0.333 e. The summed E-state index contributed by atoms with van der Waals surface area (Å²) in [7, 11) is 0. The van der Waals surface area contributed by atoms with E-state index >= 15 is 0 Å². The Morgan fingerprint density at radius 2 is 2.16 bits per heavy atom. The Morgan fingerprint density at radius 1 is 1.40 bits per heavy atom. The number of hydrogen-bond donors (Lipinski definition) is 1. The molecule has 25 heavy (non-hydrogen) atoms. The van der Waals surface area contributed by atoms with Crippen LogP contribution < -0.4 is 5.32 Å². The third-order valence-electron chi connectivity index (χ3n) is 4.33. The molecule has 1 aliphatic rings. The Bertz CT molecular complexity index is 750. The van der Waals surface area contributed by atoms with Crippen LogP contribution in [0.15, 0.2) is 36.5 Å². The Balaban J connectivity index is 1.79. The normalized spacial score (nSPS) is 16.8. The van der Waals surface area contributed by atoms with Crippen molar-refractivity contribution >= 4 is 11.6 Å². The summed E-state index contributed by atoms with van der Waals surface area (Å²) in [5.41, 5.74) is 1.09. The highest BCUT2D eigenvalue weighted by Crippen LogP contribution is 2.17. The van der Waals surface area contributed by atoms with Gasteiger partial charge in [0, 0.05) is 37.5 Å². The lowest BCUT2D eigenvalue weighted by atomic mass is 10.2. The predicted octanol–water partition coefficient (Wildman–Crippen LogP) is 1.99. The van der Waals surface area contributed by atoms with Gasteiger partial charge in [-0.25, -0.2) is 4.68 Å². The quantitative estimate of drug-likeness (QED) is 0.639. The number of rotatable bonds is 6. The van der Waals surface area contributed by atoms with Gasteiger partial charge in [-0.3, -0.25) is 14.9 Å². The Morgan fingerprint density at radius 3 is 2.76 bits per heavy atom. The highest BCUT2D eigenvalue weighted by atomic mass is 16.6. The molecule has 0 spiro atoms. The molecular formula is C17H21N5O3. The van der Waals surface area contributed by atoms with Crippen molar-refractivity contribution in [1.29, 1.82) is 0 Å². The van der Waals surface area contributed by atoms with Crippen LogP contribution in [0.1, 0.15) is 30.3 Å². The van der Waals surface area contributed by atoms with Crippen LogP contribution in [-0.4, -0.2) is 51.2 Å². The van der Waals surface area contributed by atoms with Gasteiger partial charge in [-0.1, -0.05) is 6.92 Å². The number of hydrogen-bond acceptors (Lipinski definition) is 5. The number of nitro benzene ring substituents is 1. The van der Waals surface area contributed by atoms with E-state index in [0.29, 0.717) is 17.9 Å². The molecule has 132 valence electrons. The first-order chi connectivity index (χ1) is 12.1. The monoisotopic (exact) mass is 343 g/mol. The SMILES string of the molecule is CCCN(C(=O)c1ccn(-c2ccc([N+](=O)[O-])cc2)n1)C1CCNC1. The highest BCUT2D eigenvalue weighted by molar-refractivity contribution is 5.92. The van der Waals surface area contributed by atoms with Crippen molar-refractivity contribution < 1.29 is 9.72 Å². The van der Waals surface area contributed by atoms with Gasteiger partial charge in [-0.2, -0.15) is 5.10 Å². The van der Waals surface area contributed by atoms with E-state index in [4.69, 9.17) is 0 Å². The molecular weight excluding hydrogens is 322 g/mol. The first-order valence-electron chi connectivity index (χ1n) is 8.42. The fourth-order valence-electron chi connectivity index (χ4n) is 3.05. The molecule has 0 aliphatic carbocycles. The van der Waals surface area contributed by atoms with Gasteiger partial charge in [-0.05, 0) is 37.6 Å². The number of carbonyl (C=O) groups is 1. The first kappa shape index (κ1) is 17.1. The minimum Gasteiger partial charge on any atom is -0.333 e. The summed E-state index contributed by atoms with van der Waals surface area (Å²) < 4.78 is 1.56. The Kier molecular flexibility index (Phi) is 5.08. The molecule has 2 aromatic rings. The maximum Gasteiger partial charge on any atom is 0.274 e. The Hall–Kier alpha value is -2.74. The smallest absolute Gasteiger partial charge is 0.274 e. The zero-order valence-electron chi connectivity index (χ0n) is 14.1. The maximum absolute atomic E-state index is 12.8. The molecule has 8 nitrogen and oxygen atoms in total. The predicted molar refractivity (Wildman–Crippen MR) is 92.8 cm³/mol. The van der Waals surface area contributed by atoms with Crippen LogP contribution in [0.25, 0.3) is 5.69 Å². The summed E-state index contributed by atoms with van der Waals surface area (Å²) in [5.74, 6) is -0.0730. The number of benzene rings is 1. The lowest BCUT2D eigenvalue weighted by molar-refractivity contribution is -0.384. The standard InChI is InChI=1S/C17H21N5O3/c1-2-10-20(15-7-9-18-12-15)17(23)16-8-11-21(19-16)13-3-5-14(6-4-13)22(24)25/h3-6,8,11,15,18H,2,7,9-10,12H2,1H3. The van der Waals surface area contributed by atoms with Crippen molar-refractivity contribution in [2.45, 2.75) is 25.8 Å².